The molecule has 1 aromatic heterocycles. The van der Waals surface area contributed by atoms with Crippen molar-refractivity contribution in [3.63, 3.8) is 0 Å². The Bertz CT molecular complexity index is 1610. The normalized spacial score (nSPS) is 17.3. The van der Waals surface area contributed by atoms with E-state index in [0.717, 1.165) is 32.5 Å². The van der Waals surface area contributed by atoms with Crippen LogP contribution in [0.2, 0.25) is 0 Å². The van der Waals surface area contributed by atoms with Crippen molar-refractivity contribution < 1.29 is 19.4 Å². The third-order valence-electron chi connectivity index (χ3n) is 7.00. The van der Waals surface area contributed by atoms with E-state index in [1.807, 2.05) is 51.1 Å². The zero-order valence-corrected chi connectivity index (χ0v) is 23.8. The first-order chi connectivity index (χ1) is 18.5. The summed E-state index contributed by atoms with van der Waals surface area (Å²) in [4.78, 5) is 33.4. The molecule has 1 fully saturated rings. The van der Waals surface area contributed by atoms with Crippen LogP contribution in [0.3, 0.4) is 0 Å². The quantitative estimate of drug-likeness (QED) is 0.164. The molecule has 0 saturated carbocycles. The van der Waals surface area contributed by atoms with Gasteiger partial charge in [-0.15, -0.1) is 0 Å². The summed E-state index contributed by atoms with van der Waals surface area (Å²) in [5.74, 6) is -1.01. The van der Waals surface area contributed by atoms with Crippen LogP contribution < -0.4 is 9.64 Å². The standard InChI is InChI=1S/C32H32N2O4S/c1-7-38-23-14-10-21(11-15-23)28(35)25-27(20-8-12-22(13-9-20)32(4,5)6)34(30(37)29(25)36)31-33-26-19(3)16-18(2)17-24(26)39-31/h8-17,27,35H,7H2,1-6H3/b28-25+/t27-/m0/s1. The van der Waals surface area contributed by atoms with Gasteiger partial charge in [-0.05, 0) is 78.8 Å². The molecule has 5 rings (SSSR count). The summed E-state index contributed by atoms with van der Waals surface area (Å²) < 4.78 is 6.46. The topological polar surface area (TPSA) is 79.7 Å². The van der Waals surface area contributed by atoms with Gasteiger partial charge in [0.2, 0.25) is 0 Å². The predicted octanol–water partition coefficient (Wildman–Crippen LogP) is 7.24. The summed E-state index contributed by atoms with van der Waals surface area (Å²) in [5, 5.41) is 11.9. The number of aromatic nitrogens is 1. The van der Waals surface area contributed by atoms with Crippen LogP contribution in [0.15, 0.2) is 66.2 Å². The minimum absolute atomic E-state index is 0.0415. The highest BCUT2D eigenvalue weighted by molar-refractivity contribution is 7.22. The van der Waals surface area contributed by atoms with Crippen LogP contribution in [0.5, 0.6) is 5.75 Å². The van der Waals surface area contributed by atoms with Gasteiger partial charge in [-0.1, -0.05) is 62.4 Å². The van der Waals surface area contributed by atoms with Gasteiger partial charge in [-0.2, -0.15) is 0 Å². The van der Waals surface area contributed by atoms with Crippen LogP contribution in [0.4, 0.5) is 5.13 Å². The molecule has 1 saturated heterocycles. The second kappa shape index (κ2) is 9.97. The van der Waals surface area contributed by atoms with Gasteiger partial charge >= 0.3 is 5.91 Å². The van der Waals surface area contributed by atoms with Gasteiger partial charge in [0.05, 0.1) is 28.4 Å². The largest absolute Gasteiger partial charge is 0.507 e. The molecule has 0 unspecified atom stereocenters. The molecule has 3 aromatic carbocycles. The molecule has 1 aliphatic heterocycles. The minimum atomic E-state index is -0.826. The summed E-state index contributed by atoms with van der Waals surface area (Å²) in [6, 6.07) is 18.0. The van der Waals surface area contributed by atoms with E-state index in [1.54, 1.807) is 24.3 Å². The number of thiazole rings is 1. The molecule has 6 nitrogen and oxygen atoms in total. The van der Waals surface area contributed by atoms with Gasteiger partial charge in [0.1, 0.15) is 11.5 Å². The van der Waals surface area contributed by atoms with Crippen molar-refractivity contribution in [2.45, 2.75) is 53.0 Å². The van der Waals surface area contributed by atoms with Crippen LogP contribution in [0.1, 0.15) is 61.6 Å². The summed E-state index contributed by atoms with van der Waals surface area (Å²) in [6.07, 6.45) is 0. The average Bonchev–Trinajstić information content (AvgIpc) is 3.42. The molecule has 7 heteroatoms. The number of hydrogen-bond donors (Lipinski definition) is 1. The Balaban J connectivity index is 1.70. The number of Topliss-reactive ketones (excluding diaryl/α,β-unsaturated/α-hetero) is 1. The second-order valence-corrected chi connectivity index (χ2v) is 11.9. The molecule has 0 aliphatic carbocycles. The van der Waals surface area contributed by atoms with Crippen molar-refractivity contribution in [3.05, 3.63) is 94.1 Å². The van der Waals surface area contributed by atoms with Crippen LogP contribution >= 0.6 is 11.3 Å². The lowest BCUT2D eigenvalue weighted by molar-refractivity contribution is -0.132. The number of nitrogens with zero attached hydrogens (tertiary/aromatic N) is 2. The summed E-state index contributed by atoms with van der Waals surface area (Å²) in [7, 11) is 0. The third-order valence-corrected chi connectivity index (χ3v) is 8.00. The first-order valence-electron chi connectivity index (χ1n) is 13.0. The monoisotopic (exact) mass is 540 g/mol. The zero-order chi connectivity index (χ0) is 28.1. The third kappa shape index (κ3) is 4.83. The van der Waals surface area contributed by atoms with E-state index in [-0.39, 0.29) is 16.7 Å². The fourth-order valence-electron chi connectivity index (χ4n) is 5.00. The number of ether oxygens (including phenoxy) is 1. The average molecular weight is 541 g/mol. The molecule has 200 valence electrons. The molecular formula is C32H32N2O4S. The molecule has 0 spiro atoms. The van der Waals surface area contributed by atoms with Crippen LogP contribution in [-0.4, -0.2) is 28.4 Å². The highest BCUT2D eigenvalue weighted by Gasteiger charge is 2.48. The Morgan fingerprint density at radius 2 is 1.69 bits per heavy atom. The number of aryl methyl sites for hydroxylation is 2. The van der Waals surface area contributed by atoms with Gasteiger partial charge in [-0.3, -0.25) is 14.5 Å². The van der Waals surface area contributed by atoms with Crippen molar-refractivity contribution in [1.29, 1.82) is 0 Å². The number of fused-ring (bicyclic) bond motifs is 1. The number of ketones is 1. The second-order valence-electron chi connectivity index (χ2n) is 10.9. The molecule has 0 bridgehead atoms. The maximum atomic E-state index is 13.6. The zero-order valence-electron chi connectivity index (χ0n) is 23.0. The van der Waals surface area contributed by atoms with Gasteiger partial charge in [0, 0.05) is 5.56 Å². The number of rotatable bonds is 5. The summed E-state index contributed by atoms with van der Waals surface area (Å²) in [6.45, 7) is 12.8. The lowest BCUT2D eigenvalue weighted by atomic mass is 9.85. The maximum absolute atomic E-state index is 13.6. The van der Waals surface area contributed by atoms with Crippen molar-refractivity contribution in [2.75, 3.05) is 11.5 Å². The number of aliphatic hydroxyl groups is 1. The SMILES string of the molecule is CCOc1ccc(/C(O)=C2\C(=O)C(=O)N(c3nc4c(C)cc(C)cc4s3)[C@H]2c2ccc(C(C)(C)C)cc2)cc1. The van der Waals surface area contributed by atoms with E-state index in [2.05, 4.69) is 26.8 Å². The smallest absolute Gasteiger partial charge is 0.301 e. The van der Waals surface area contributed by atoms with Crippen LogP contribution in [0, 0.1) is 13.8 Å². The first kappa shape index (κ1) is 26.6. The number of carbonyl (C=O) groups is 2. The highest BCUT2D eigenvalue weighted by Crippen LogP contribution is 2.45. The Kier molecular flexibility index (Phi) is 6.81. The Morgan fingerprint density at radius 1 is 1.03 bits per heavy atom. The summed E-state index contributed by atoms with van der Waals surface area (Å²) in [5.41, 5.74) is 5.17. The number of carbonyl (C=O) groups excluding carboxylic acids is 2. The van der Waals surface area contributed by atoms with Gasteiger partial charge in [-0.25, -0.2) is 4.98 Å². The molecule has 1 N–H and O–H groups in total. The number of benzene rings is 3. The van der Waals surface area contributed by atoms with Crippen molar-refractivity contribution in [3.8, 4) is 5.75 Å². The fraction of sp³-hybridized carbons (Fsp3) is 0.281. The summed E-state index contributed by atoms with van der Waals surface area (Å²) >= 11 is 1.37. The van der Waals surface area contributed by atoms with Crippen LogP contribution in [-0.2, 0) is 15.0 Å². The molecule has 4 aromatic rings. The first-order valence-corrected chi connectivity index (χ1v) is 13.8. The van der Waals surface area contributed by atoms with E-state index in [0.29, 0.717) is 23.1 Å². The van der Waals surface area contributed by atoms with E-state index in [1.165, 1.54) is 16.2 Å². The van der Waals surface area contributed by atoms with Crippen LogP contribution in [0.25, 0.3) is 16.0 Å². The molecule has 2 heterocycles. The lowest BCUT2D eigenvalue weighted by Gasteiger charge is -2.24. The van der Waals surface area contributed by atoms with Crippen molar-refractivity contribution >= 4 is 44.1 Å². The number of hydrogen-bond acceptors (Lipinski definition) is 6. The number of anilines is 1. The van der Waals surface area contributed by atoms with Crippen molar-refractivity contribution in [2.24, 2.45) is 0 Å². The van der Waals surface area contributed by atoms with E-state index in [4.69, 9.17) is 9.72 Å². The maximum Gasteiger partial charge on any atom is 0.301 e. The Morgan fingerprint density at radius 3 is 2.31 bits per heavy atom. The molecular weight excluding hydrogens is 508 g/mol. The lowest BCUT2D eigenvalue weighted by Crippen LogP contribution is -2.29. The molecule has 39 heavy (non-hydrogen) atoms. The molecule has 1 aliphatic rings. The van der Waals surface area contributed by atoms with E-state index in [9.17, 15) is 14.7 Å². The Labute approximate surface area is 232 Å². The van der Waals surface area contributed by atoms with Gasteiger partial charge in [0.15, 0.2) is 5.13 Å². The van der Waals surface area contributed by atoms with E-state index >= 15 is 0 Å². The van der Waals surface area contributed by atoms with E-state index < -0.39 is 17.7 Å². The van der Waals surface area contributed by atoms with Gasteiger partial charge < -0.3 is 9.84 Å². The highest BCUT2D eigenvalue weighted by atomic mass is 32.1. The predicted molar refractivity (Wildman–Crippen MR) is 157 cm³/mol. The Hall–Kier alpha value is -3.97. The number of aliphatic hydroxyl groups excluding tert-OH is 1. The van der Waals surface area contributed by atoms with Crippen molar-refractivity contribution in [1.82, 2.24) is 4.98 Å². The molecule has 1 atom stereocenters. The minimum Gasteiger partial charge on any atom is -0.507 e. The molecule has 1 amide bonds. The fourth-order valence-corrected chi connectivity index (χ4v) is 6.17. The number of amides is 1. The molecule has 0 radical (unpaired) electrons. The van der Waals surface area contributed by atoms with Gasteiger partial charge in [0.25, 0.3) is 5.78 Å².